The Kier molecular flexibility index (Phi) is 2.55. The molecule has 0 radical (unpaired) electrons. The van der Waals surface area contributed by atoms with Gasteiger partial charge in [-0.1, -0.05) is 11.8 Å². The molecule has 1 aliphatic rings. The van der Waals surface area contributed by atoms with Gasteiger partial charge in [0.05, 0.1) is 0 Å². The molecule has 0 bridgehead atoms. The van der Waals surface area contributed by atoms with Crippen LogP contribution in [0.15, 0.2) is 0 Å². The summed E-state index contributed by atoms with van der Waals surface area (Å²) >= 11 is 5.44. The summed E-state index contributed by atoms with van der Waals surface area (Å²) < 4.78 is 0. The molecule has 0 aliphatic carbocycles. The smallest absolute Gasteiger partial charge is 0.0207 e. The van der Waals surface area contributed by atoms with Crippen molar-refractivity contribution in [1.82, 2.24) is 0 Å². The Morgan fingerprint density at radius 3 is 2.40 bits per heavy atom. The van der Waals surface area contributed by atoms with Crippen LogP contribution in [0.4, 0.5) is 0 Å². The van der Waals surface area contributed by atoms with Crippen molar-refractivity contribution in [3.8, 4) is 12.3 Å². The Bertz CT molecular complexity index is 190. The first-order valence-corrected chi connectivity index (χ1v) is 7.28. The number of rotatable bonds is 0. The minimum atomic E-state index is -0.899. The van der Waals surface area contributed by atoms with Gasteiger partial charge in [-0.15, -0.1) is 12.3 Å². The number of hydrogen-bond donors (Lipinski definition) is 0. The van der Waals surface area contributed by atoms with Crippen LogP contribution in [0.5, 0.6) is 0 Å². The molecular weight excluding hydrogens is 159 g/mol. The van der Waals surface area contributed by atoms with Gasteiger partial charge >= 0.3 is 0 Å². The molecular formula is C8H13PS. The molecule has 1 aliphatic heterocycles. The second-order valence-corrected chi connectivity index (χ2v) is 9.32. The molecule has 10 heavy (non-hydrogen) atoms. The van der Waals surface area contributed by atoms with E-state index in [1.54, 1.807) is 0 Å². The van der Waals surface area contributed by atoms with Gasteiger partial charge in [0.25, 0.3) is 0 Å². The highest BCUT2D eigenvalue weighted by atomic mass is 32.4. The molecule has 0 spiro atoms. The lowest BCUT2D eigenvalue weighted by Gasteiger charge is -2.25. The average molecular weight is 172 g/mol. The van der Waals surface area contributed by atoms with Crippen LogP contribution < -0.4 is 0 Å². The summed E-state index contributed by atoms with van der Waals surface area (Å²) in [6.45, 7) is 2.26. The molecule has 0 N–H and O–H groups in total. The van der Waals surface area contributed by atoms with Gasteiger partial charge in [0, 0.05) is 5.92 Å². The second-order valence-electron chi connectivity index (χ2n) is 3.18. The third kappa shape index (κ3) is 2.11. The van der Waals surface area contributed by atoms with Crippen molar-refractivity contribution in [2.75, 3.05) is 19.0 Å². The monoisotopic (exact) mass is 172 g/mol. The van der Waals surface area contributed by atoms with Crippen molar-refractivity contribution < 1.29 is 0 Å². The molecule has 2 heteroatoms. The molecule has 0 unspecified atom stereocenters. The van der Waals surface area contributed by atoms with Crippen LogP contribution in [0.1, 0.15) is 12.8 Å². The van der Waals surface area contributed by atoms with Gasteiger partial charge in [0.2, 0.25) is 0 Å². The van der Waals surface area contributed by atoms with Gasteiger partial charge in [-0.05, 0) is 37.9 Å². The van der Waals surface area contributed by atoms with Crippen LogP contribution in [0.3, 0.4) is 0 Å². The summed E-state index contributed by atoms with van der Waals surface area (Å²) in [5, 5.41) is 0. The predicted octanol–water partition coefficient (Wildman–Crippen LogP) is 2.14. The normalized spacial score (nSPS) is 40.6. The van der Waals surface area contributed by atoms with E-state index in [2.05, 4.69) is 12.6 Å². The summed E-state index contributed by atoms with van der Waals surface area (Å²) in [6, 6.07) is -0.899. The lowest BCUT2D eigenvalue weighted by molar-refractivity contribution is 0.615. The van der Waals surface area contributed by atoms with E-state index in [-0.39, 0.29) is 0 Å². The van der Waals surface area contributed by atoms with Gasteiger partial charge in [-0.2, -0.15) is 0 Å². The fourth-order valence-electron chi connectivity index (χ4n) is 1.28. The molecule has 0 amide bonds. The van der Waals surface area contributed by atoms with Gasteiger partial charge in [0.15, 0.2) is 0 Å². The standard InChI is InChI=1S/C8H13PS/c1-3-8-4-6-9(2,10)7-5-8/h1,8H,4-7H2,2H3. The summed E-state index contributed by atoms with van der Waals surface area (Å²) in [5.41, 5.74) is 0. The van der Waals surface area contributed by atoms with E-state index < -0.39 is 6.04 Å². The predicted molar refractivity (Wildman–Crippen MR) is 51.5 cm³/mol. The Morgan fingerprint density at radius 2 is 2.00 bits per heavy atom. The van der Waals surface area contributed by atoms with Crippen LogP contribution in [-0.4, -0.2) is 19.0 Å². The zero-order valence-corrected chi connectivity index (χ0v) is 8.05. The van der Waals surface area contributed by atoms with Crippen LogP contribution in [-0.2, 0) is 11.8 Å². The van der Waals surface area contributed by atoms with Crippen LogP contribution in [0.2, 0.25) is 0 Å². The lowest BCUT2D eigenvalue weighted by Crippen LogP contribution is -2.11. The molecule has 1 heterocycles. The van der Waals surface area contributed by atoms with E-state index in [4.69, 9.17) is 18.2 Å². The third-order valence-corrected chi connectivity index (χ3v) is 5.64. The Hall–Kier alpha value is 0.210. The first-order chi connectivity index (χ1) is 4.64. The van der Waals surface area contributed by atoms with Crippen LogP contribution >= 0.6 is 6.04 Å². The average Bonchev–Trinajstić information content (AvgIpc) is 1.88. The molecule has 1 fully saturated rings. The number of terminal acetylenes is 1. The highest BCUT2D eigenvalue weighted by molar-refractivity contribution is 8.14. The van der Waals surface area contributed by atoms with Crippen molar-refractivity contribution in [2.45, 2.75) is 12.8 Å². The Morgan fingerprint density at radius 1 is 1.50 bits per heavy atom. The molecule has 1 saturated heterocycles. The van der Waals surface area contributed by atoms with E-state index >= 15 is 0 Å². The minimum Gasteiger partial charge on any atom is -0.120 e. The van der Waals surface area contributed by atoms with Crippen molar-refractivity contribution in [3.05, 3.63) is 0 Å². The quantitative estimate of drug-likeness (QED) is 0.398. The largest absolute Gasteiger partial charge is 0.120 e. The summed E-state index contributed by atoms with van der Waals surface area (Å²) in [7, 11) is 0. The lowest BCUT2D eigenvalue weighted by atomic mass is 10.1. The highest BCUT2D eigenvalue weighted by Crippen LogP contribution is 2.48. The van der Waals surface area contributed by atoms with Gasteiger partial charge in [0.1, 0.15) is 0 Å². The highest BCUT2D eigenvalue weighted by Gasteiger charge is 2.20. The zero-order valence-electron chi connectivity index (χ0n) is 6.34. The Labute approximate surface area is 68.4 Å². The molecule has 0 aromatic rings. The topological polar surface area (TPSA) is 0 Å². The zero-order chi connectivity index (χ0) is 7.61. The summed E-state index contributed by atoms with van der Waals surface area (Å²) in [4.78, 5) is 0. The van der Waals surface area contributed by atoms with Crippen molar-refractivity contribution in [2.24, 2.45) is 5.92 Å². The van der Waals surface area contributed by atoms with E-state index in [1.807, 2.05) is 0 Å². The van der Waals surface area contributed by atoms with Crippen molar-refractivity contribution in [3.63, 3.8) is 0 Å². The van der Waals surface area contributed by atoms with Gasteiger partial charge in [-0.3, -0.25) is 0 Å². The molecule has 1 rings (SSSR count). The fraction of sp³-hybridized carbons (Fsp3) is 0.750. The van der Waals surface area contributed by atoms with E-state index in [0.29, 0.717) is 5.92 Å². The molecule has 0 saturated carbocycles. The summed E-state index contributed by atoms with van der Waals surface area (Å²) in [6.07, 6.45) is 10.2. The van der Waals surface area contributed by atoms with E-state index in [1.165, 1.54) is 25.2 Å². The molecule has 0 nitrogen and oxygen atoms in total. The van der Waals surface area contributed by atoms with E-state index in [9.17, 15) is 0 Å². The summed E-state index contributed by atoms with van der Waals surface area (Å²) in [5.74, 6) is 3.35. The maximum Gasteiger partial charge on any atom is 0.0207 e. The minimum absolute atomic E-state index is 0.538. The van der Waals surface area contributed by atoms with Crippen LogP contribution in [0.25, 0.3) is 0 Å². The first-order valence-electron chi connectivity index (χ1n) is 3.66. The molecule has 0 aromatic heterocycles. The maximum absolute atomic E-state index is 5.44. The Balaban J connectivity index is 2.48. The number of hydrogen-bond acceptors (Lipinski definition) is 1. The van der Waals surface area contributed by atoms with Gasteiger partial charge in [-0.25, -0.2) is 0 Å². The second kappa shape index (κ2) is 3.07. The van der Waals surface area contributed by atoms with E-state index in [0.717, 1.165) is 0 Å². The molecule has 0 atom stereocenters. The van der Waals surface area contributed by atoms with Crippen molar-refractivity contribution in [1.29, 1.82) is 0 Å². The fourth-order valence-corrected chi connectivity index (χ4v) is 3.85. The first kappa shape index (κ1) is 8.31. The maximum atomic E-state index is 5.44. The van der Waals surface area contributed by atoms with Crippen molar-refractivity contribution >= 4 is 17.8 Å². The molecule has 0 aromatic carbocycles. The third-order valence-electron chi connectivity index (χ3n) is 2.14. The molecule has 56 valence electrons. The van der Waals surface area contributed by atoms with Gasteiger partial charge < -0.3 is 0 Å². The van der Waals surface area contributed by atoms with Crippen LogP contribution in [0, 0.1) is 18.3 Å². The SMILES string of the molecule is C#CC1CCP(C)(=S)CC1.